The second-order valence-electron chi connectivity index (χ2n) is 3.91. The predicted octanol–water partition coefficient (Wildman–Crippen LogP) is 1.94. The third kappa shape index (κ3) is 2.63. The summed E-state index contributed by atoms with van der Waals surface area (Å²) < 4.78 is 13.4. The molecule has 1 atom stereocenters. The Morgan fingerprint density at radius 3 is 2.53 bits per heavy atom. The van der Waals surface area contributed by atoms with Crippen LogP contribution in [-0.4, -0.2) is 18.4 Å². The Balaban J connectivity index is 2.94. The van der Waals surface area contributed by atoms with Crippen LogP contribution in [0.1, 0.15) is 19.4 Å². The zero-order valence-electron chi connectivity index (χ0n) is 9.30. The van der Waals surface area contributed by atoms with E-state index in [1.165, 1.54) is 13.0 Å². The van der Waals surface area contributed by atoms with Gasteiger partial charge >= 0.3 is 0 Å². The van der Waals surface area contributed by atoms with E-state index < -0.39 is 5.54 Å². The maximum atomic E-state index is 13.4. The van der Waals surface area contributed by atoms with Gasteiger partial charge in [0.05, 0.1) is 5.54 Å². The van der Waals surface area contributed by atoms with Gasteiger partial charge in [0.15, 0.2) is 0 Å². The van der Waals surface area contributed by atoms with Gasteiger partial charge in [-0.25, -0.2) is 4.39 Å². The summed E-state index contributed by atoms with van der Waals surface area (Å²) in [4.78, 5) is 11.4. The van der Waals surface area contributed by atoms with Crippen LogP contribution in [-0.2, 0) is 11.2 Å². The largest absolute Gasteiger partial charge is 0.308 e. The summed E-state index contributed by atoms with van der Waals surface area (Å²) in [5, 5.41) is 2.94. The maximum Gasteiger partial charge on any atom is 0.149 e. The number of carbonyl (C=O) groups excluding carboxylic acids is 1. The first-order chi connectivity index (χ1) is 6.99. The van der Waals surface area contributed by atoms with Crippen LogP contribution in [0.4, 0.5) is 4.39 Å². The highest BCUT2D eigenvalue weighted by Gasteiger charge is 2.28. The minimum atomic E-state index is -0.692. The second-order valence-corrected chi connectivity index (χ2v) is 3.91. The minimum absolute atomic E-state index is 0.00764. The number of halogens is 1. The van der Waals surface area contributed by atoms with Crippen molar-refractivity contribution in [2.75, 3.05) is 7.05 Å². The fourth-order valence-electron chi connectivity index (χ4n) is 1.41. The molecular weight excluding hydrogens is 193 g/mol. The number of benzene rings is 1. The molecule has 1 aromatic rings. The smallest absolute Gasteiger partial charge is 0.149 e. The summed E-state index contributed by atoms with van der Waals surface area (Å²) in [6.45, 7) is 3.29. The molecule has 0 amide bonds. The lowest BCUT2D eigenvalue weighted by Crippen LogP contribution is -2.48. The molecule has 2 nitrogen and oxygen atoms in total. The Hall–Kier alpha value is -1.22. The fraction of sp³-hybridized carbons (Fsp3) is 0.417. The quantitative estimate of drug-likeness (QED) is 0.821. The molecule has 1 N–H and O–H groups in total. The van der Waals surface area contributed by atoms with Crippen LogP contribution in [0.2, 0.25) is 0 Å². The van der Waals surface area contributed by atoms with E-state index in [0.29, 0.717) is 12.0 Å². The lowest BCUT2D eigenvalue weighted by molar-refractivity contribution is -0.122. The Kier molecular flexibility index (Phi) is 3.58. The van der Waals surface area contributed by atoms with Gasteiger partial charge in [0.25, 0.3) is 0 Å². The van der Waals surface area contributed by atoms with Crippen molar-refractivity contribution in [3.63, 3.8) is 0 Å². The molecule has 0 aliphatic heterocycles. The molecule has 3 heteroatoms. The first-order valence-corrected chi connectivity index (χ1v) is 4.93. The number of rotatable bonds is 4. The van der Waals surface area contributed by atoms with Gasteiger partial charge in [0.1, 0.15) is 11.6 Å². The van der Waals surface area contributed by atoms with Crippen molar-refractivity contribution in [3.05, 3.63) is 35.6 Å². The molecule has 0 aliphatic carbocycles. The van der Waals surface area contributed by atoms with Gasteiger partial charge in [0, 0.05) is 6.42 Å². The monoisotopic (exact) mass is 209 g/mol. The SMILES string of the molecule is CNC(C)(Cc1ccccc1F)C(C)=O. The Labute approximate surface area is 89.5 Å². The molecule has 0 bridgehead atoms. The standard InChI is InChI=1S/C12H16FNO/c1-9(15)12(2,14-3)8-10-6-4-5-7-11(10)13/h4-7,14H,8H2,1-3H3. The Bertz CT molecular complexity index is 364. The highest BCUT2D eigenvalue weighted by molar-refractivity contribution is 5.85. The first-order valence-electron chi connectivity index (χ1n) is 4.93. The van der Waals surface area contributed by atoms with Crippen molar-refractivity contribution >= 4 is 5.78 Å². The predicted molar refractivity (Wildman–Crippen MR) is 58.2 cm³/mol. The van der Waals surface area contributed by atoms with E-state index >= 15 is 0 Å². The first kappa shape index (κ1) is 11.9. The minimum Gasteiger partial charge on any atom is -0.308 e. The number of ketones is 1. The van der Waals surface area contributed by atoms with Crippen molar-refractivity contribution in [1.29, 1.82) is 0 Å². The molecule has 0 saturated heterocycles. The average Bonchev–Trinajstić information content (AvgIpc) is 2.21. The topological polar surface area (TPSA) is 29.1 Å². The number of Topliss-reactive ketones (excluding diaryl/α,β-unsaturated/α-hetero) is 1. The van der Waals surface area contributed by atoms with E-state index in [2.05, 4.69) is 5.32 Å². The zero-order chi connectivity index (χ0) is 11.5. The number of hydrogen-bond acceptors (Lipinski definition) is 2. The molecule has 0 saturated carbocycles. The van der Waals surface area contributed by atoms with E-state index in [9.17, 15) is 9.18 Å². The van der Waals surface area contributed by atoms with Gasteiger partial charge in [-0.1, -0.05) is 18.2 Å². The lowest BCUT2D eigenvalue weighted by atomic mass is 9.89. The summed E-state index contributed by atoms with van der Waals surface area (Å²) in [6, 6.07) is 6.53. The van der Waals surface area contributed by atoms with Crippen LogP contribution in [0.3, 0.4) is 0 Å². The molecule has 0 radical (unpaired) electrons. The van der Waals surface area contributed by atoms with Crippen LogP contribution >= 0.6 is 0 Å². The molecule has 15 heavy (non-hydrogen) atoms. The van der Waals surface area contributed by atoms with E-state index in [1.807, 2.05) is 0 Å². The normalized spacial score (nSPS) is 14.7. The van der Waals surface area contributed by atoms with Gasteiger partial charge < -0.3 is 5.32 Å². The van der Waals surface area contributed by atoms with Crippen LogP contribution in [0.15, 0.2) is 24.3 Å². The molecule has 1 rings (SSSR count). The molecule has 0 spiro atoms. The van der Waals surface area contributed by atoms with Crippen molar-refractivity contribution < 1.29 is 9.18 Å². The van der Waals surface area contributed by atoms with Crippen molar-refractivity contribution in [3.8, 4) is 0 Å². The van der Waals surface area contributed by atoms with E-state index in [4.69, 9.17) is 0 Å². The second kappa shape index (κ2) is 4.53. The molecule has 82 valence electrons. The average molecular weight is 209 g/mol. The molecular formula is C12H16FNO. The summed E-state index contributed by atoms with van der Waals surface area (Å²) in [6.07, 6.45) is 0.367. The van der Waals surface area contributed by atoms with Crippen molar-refractivity contribution in [1.82, 2.24) is 5.32 Å². The number of carbonyl (C=O) groups is 1. The van der Waals surface area contributed by atoms with Gasteiger partial charge in [-0.15, -0.1) is 0 Å². The third-order valence-electron chi connectivity index (χ3n) is 2.83. The zero-order valence-corrected chi connectivity index (χ0v) is 9.30. The number of nitrogens with one attached hydrogen (secondary N) is 1. The summed E-state index contributed by atoms with van der Waals surface area (Å²) in [7, 11) is 1.71. The summed E-state index contributed by atoms with van der Waals surface area (Å²) in [5.74, 6) is -0.256. The highest BCUT2D eigenvalue weighted by atomic mass is 19.1. The maximum absolute atomic E-state index is 13.4. The van der Waals surface area contributed by atoms with Crippen LogP contribution in [0.5, 0.6) is 0 Å². The Morgan fingerprint density at radius 2 is 2.07 bits per heavy atom. The molecule has 0 aliphatic rings. The van der Waals surface area contributed by atoms with E-state index in [0.717, 1.165) is 0 Å². The van der Waals surface area contributed by atoms with Crippen LogP contribution in [0.25, 0.3) is 0 Å². The summed E-state index contributed by atoms with van der Waals surface area (Å²) >= 11 is 0. The lowest BCUT2D eigenvalue weighted by Gasteiger charge is -2.26. The fourth-order valence-corrected chi connectivity index (χ4v) is 1.41. The van der Waals surface area contributed by atoms with Crippen molar-refractivity contribution in [2.45, 2.75) is 25.8 Å². The van der Waals surface area contributed by atoms with Gasteiger partial charge in [0.2, 0.25) is 0 Å². The summed E-state index contributed by atoms with van der Waals surface area (Å²) in [5.41, 5.74) is -0.132. The number of likely N-dealkylation sites (N-methyl/N-ethyl adjacent to an activating group) is 1. The van der Waals surface area contributed by atoms with Crippen LogP contribution < -0.4 is 5.32 Å². The van der Waals surface area contributed by atoms with E-state index in [1.54, 1.807) is 32.2 Å². The third-order valence-corrected chi connectivity index (χ3v) is 2.83. The molecule has 0 aromatic heterocycles. The van der Waals surface area contributed by atoms with Crippen LogP contribution in [0, 0.1) is 5.82 Å². The van der Waals surface area contributed by atoms with Gasteiger partial charge in [-0.3, -0.25) is 4.79 Å². The van der Waals surface area contributed by atoms with Gasteiger partial charge in [-0.2, -0.15) is 0 Å². The molecule has 1 unspecified atom stereocenters. The van der Waals surface area contributed by atoms with E-state index in [-0.39, 0.29) is 11.6 Å². The van der Waals surface area contributed by atoms with Gasteiger partial charge in [-0.05, 0) is 32.5 Å². The number of hydrogen-bond donors (Lipinski definition) is 1. The van der Waals surface area contributed by atoms with Crippen molar-refractivity contribution in [2.24, 2.45) is 0 Å². The molecule has 0 fully saturated rings. The molecule has 0 heterocycles. The molecule has 1 aromatic carbocycles. The Morgan fingerprint density at radius 1 is 1.47 bits per heavy atom. The highest BCUT2D eigenvalue weighted by Crippen LogP contribution is 2.16.